The first kappa shape index (κ1) is 13.4. The molecule has 1 atom stereocenters. The predicted molar refractivity (Wildman–Crippen MR) is 74.9 cm³/mol. The van der Waals surface area contributed by atoms with Crippen molar-refractivity contribution in [2.24, 2.45) is 5.73 Å². The molecule has 1 fully saturated rings. The molecule has 1 aromatic rings. The number of nitrogens with zero attached hydrogens (tertiary/aromatic N) is 1. The first-order chi connectivity index (χ1) is 8.81. The van der Waals surface area contributed by atoms with Gasteiger partial charge in [0.2, 0.25) is 0 Å². The second-order valence-corrected chi connectivity index (χ2v) is 5.04. The van der Waals surface area contributed by atoms with Crippen LogP contribution >= 0.6 is 0 Å². The van der Waals surface area contributed by atoms with E-state index in [2.05, 4.69) is 17.9 Å². The Morgan fingerprint density at radius 2 is 2.00 bits per heavy atom. The van der Waals surface area contributed by atoms with Gasteiger partial charge < -0.3 is 10.5 Å². The van der Waals surface area contributed by atoms with Crippen LogP contribution in [0.2, 0.25) is 0 Å². The molecule has 0 bridgehead atoms. The number of aryl methyl sites for hydroxylation is 1. The summed E-state index contributed by atoms with van der Waals surface area (Å²) in [5, 5.41) is 0. The summed E-state index contributed by atoms with van der Waals surface area (Å²) in [4.78, 5) is 2.50. The van der Waals surface area contributed by atoms with Crippen molar-refractivity contribution in [1.82, 2.24) is 4.90 Å². The summed E-state index contributed by atoms with van der Waals surface area (Å²) in [6.07, 6.45) is 3.65. The third-order valence-corrected chi connectivity index (χ3v) is 3.73. The fourth-order valence-corrected chi connectivity index (χ4v) is 2.58. The van der Waals surface area contributed by atoms with E-state index in [1.807, 2.05) is 18.2 Å². The maximum absolute atomic E-state index is 5.86. The lowest BCUT2D eigenvalue weighted by atomic mass is 10.2. The molecule has 1 aliphatic heterocycles. The molecule has 1 aromatic carbocycles. The average Bonchev–Trinajstić information content (AvgIpc) is 2.90. The molecular weight excluding hydrogens is 224 g/mol. The smallest absolute Gasteiger partial charge is 0.122 e. The largest absolute Gasteiger partial charge is 0.493 e. The van der Waals surface area contributed by atoms with Gasteiger partial charge in [-0.1, -0.05) is 18.2 Å². The Balaban J connectivity index is 1.78. The van der Waals surface area contributed by atoms with Gasteiger partial charge in [0.05, 0.1) is 6.61 Å². The molecule has 1 saturated heterocycles. The Bertz CT molecular complexity index is 361. The van der Waals surface area contributed by atoms with E-state index in [1.165, 1.54) is 31.5 Å². The number of ether oxygens (including phenoxy) is 1. The van der Waals surface area contributed by atoms with Gasteiger partial charge in [0.1, 0.15) is 5.75 Å². The van der Waals surface area contributed by atoms with Crippen LogP contribution in [0.4, 0.5) is 0 Å². The van der Waals surface area contributed by atoms with E-state index in [9.17, 15) is 0 Å². The van der Waals surface area contributed by atoms with Crippen molar-refractivity contribution >= 4 is 0 Å². The van der Waals surface area contributed by atoms with Crippen molar-refractivity contribution in [3.05, 3.63) is 29.8 Å². The molecular formula is C15H24N2O. The molecule has 0 aromatic heterocycles. The van der Waals surface area contributed by atoms with Crippen LogP contribution in [0.1, 0.15) is 24.8 Å². The third-order valence-electron chi connectivity index (χ3n) is 3.73. The zero-order valence-electron chi connectivity index (χ0n) is 11.3. The summed E-state index contributed by atoms with van der Waals surface area (Å²) in [5.41, 5.74) is 7.06. The number of hydrogen-bond acceptors (Lipinski definition) is 3. The highest BCUT2D eigenvalue weighted by Gasteiger charge is 2.20. The molecule has 1 unspecified atom stereocenters. The molecule has 0 radical (unpaired) electrons. The number of para-hydroxylation sites is 1. The van der Waals surface area contributed by atoms with Crippen LogP contribution in [0, 0.1) is 6.92 Å². The van der Waals surface area contributed by atoms with E-state index < -0.39 is 0 Å². The van der Waals surface area contributed by atoms with Crippen LogP contribution in [-0.4, -0.2) is 37.2 Å². The average molecular weight is 248 g/mol. The van der Waals surface area contributed by atoms with Crippen LogP contribution in [0.15, 0.2) is 24.3 Å². The molecule has 3 nitrogen and oxygen atoms in total. The number of benzene rings is 1. The summed E-state index contributed by atoms with van der Waals surface area (Å²) in [6, 6.07) is 8.65. The summed E-state index contributed by atoms with van der Waals surface area (Å²) >= 11 is 0. The number of nitrogens with two attached hydrogens (primary N) is 1. The lowest BCUT2D eigenvalue weighted by molar-refractivity contribution is 0.197. The van der Waals surface area contributed by atoms with Crippen molar-refractivity contribution in [3.63, 3.8) is 0 Å². The molecule has 2 N–H and O–H groups in total. The summed E-state index contributed by atoms with van der Waals surface area (Å²) in [5.74, 6) is 0.995. The molecule has 1 heterocycles. The van der Waals surface area contributed by atoms with E-state index >= 15 is 0 Å². The Morgan fingerprint density at radius 3 is 2.67 bits per heavy atom. The van der Waals surface area contributed by atoms with Gasteiger partial charge in [-0.15, -0.1) is 0 Å². The molecule has 0 saturated carbocycles. The molecule has 3 heteroatoms. The Hall–Kier alpha value is -1.06. The number of likely N-dealkylation sites (tertiary alicyclic amines) is 1. The van der Waals surface area contributed by atoms with Gasteiger partial charge in [0.15, 0.2) is 0 Å². The molecule has 18 heavy (non-hydrogen) atoms. The van der Waals surface area contributed by atoms with Gasteiger partial charge in [0, 0.05) is 12.6 Å². The minimum Gasteiger partial charge on any atom is -0.493 e. The van der Waals surface area contributed by atoms with Gasteiger partial charge in [-0.05, 0) is 50.9 Å². The molecule has 2 rings (SSSR count). The predicted octanol–water partition coefficient (Wildman–Crippen LogP) is 2.19. The molecule has 100 valence electrons. The van der Waals surface area contributed by atoms with Crippen molar-refractivity contribution in [2.75, 3.05) is 26.2 Å². The standard InChI is InChI=1S/C15H24N2O/c1-13-6-2-3-7-15(13)18-11-8-14(12-16)17-9-4-5-10-17/h2-3,6-7,14H,4-5,8-12,16H2,1H3. The lowest BCUT2D eigenvalue weighted by Crippen LogP contribution is -2.39. The Morgan fingerprint density at radius 1 is 1.28 bits per heavy atom. The van der Waals surface area contributed by atoms with Gasteiger partial charge in [-0.2, -0.15) is 0 Å². The normalized spacial score (nSPS) is 17.9. The van der Waals surface area contributed by atoms with Gasteiger partial charge in [-0.3, -0.25) is 4.90 Å². The second kappa shape index (κ2) is 6.76. The van der Waals surface area contributed by atoms with Crippen LogP contribution in [0.3, 0.4) is 0 Å². The van der Waals surface area contributed by atoms with Crippen molar-refractivity contribution in [2.45, 2.75) is 32.2 Å². The quantitative estimate of drug-likeness (QED) is 0.838. The second-order valence-electron chi connectivity index (χ2n) is 5.04. The minimum absolute atomic E-state index is 0.483. The fraction of sp³-hybridized carbons (Fsp3) is 0.600. The van der Waals surface area contributed by atoms with E-state index in [-0.39, 0.29) is 0 Å². The summed E-state index contributed by atoms with van der Waals surface area (Å²) in [6.45, 7) is 5.97. The highest BCUT2D eigenvalue weighted by atomic mass is 16.5. The molecule has 0 spiro atoms. The summed E-state index contributed by atoms with van der Waals surface area (Å²) in [7, 11) is 0. The van der Waals surface area contributed by atoms with E-state index in [0.29, 0.717) is 6.04 Å². The van der Waals surface area contributed by atoms with Gasteiger partial charge >= 0.3 is 0 Å². The SMILES string of the molecule is Cc1ccccc1OCCC(CN)N1CCCC1. The van der Waals surface area contributed by atoms with E-state index in [0.717, 1.165) is 25.3 Å². The first-order valence-electron chi connectivity index (χ1n) is 6.94. The topological polar surface area (TPSA) is 38.5 Å². The zero-order chi connectivity index (χ0) is 12.8. The van der Waals surface area contributed by atoms with E-state index in [1.54, 1.807) is 0 Å². The maximum Gasteiger partial charge on any atom is 0.122 e. The Kier molecular flexibility index (Phi) is 5.02. The Labute approximate surface area is 110 Å². The van der Waals surface area contributed by atoms with Crippen molar-refractivity contribution in [3.8, 4) is 5.75 Å². The van der Waals surface area contributed by atoms with Crippen LogP contribution in [0.25, 0.3) is 0 Å². The maximum atomic E-state index is 5.86. The summed E-state index contributed by atoms with van der Waals surface area (Å²) < 4.78 is 5.85. The van der Waals surface area contributed by atoms with Crippen molar-refractivity contribution < 1.29 is 4.74 Å². The van der Waals surface area contributed by atoms with Gasteiger partial charge in [0.25, 0.3) is 0 Å². The molecule has 1 aliphatic rings. The van der Waals surface area contributed by atoms with Crippen molar-refractivity contribution in [1.29, 1.82) is 0 Å². The molecule has 0 aliphatic carbocycles. The molecule has 0 amide bonds. The van der Waals surface area contributed by atoms with Crippen LogP contribution in [0.5, 0.6) is 5.75 Å². The monoisotopic (exact) mass is 248 g/mol. The highest BCUT2D eigenvalue weighted by Crippen LogP contribution is 2.18. The van der Waals surface area contributed by atoms with Crippen LogP contribution < -0.4 is 10.5 Å². The van der Waals surface area contributed by atoms with Gasteiger partial charge in [-0.25, -0.2) is 0 Å². The number of rotatable bonds is 6. The number of hydrogen-bond donors (Lipinski definition) is 1. The third kappa shape index (κ3) is 3.47. The zero-order valence-corrected chi connectivity index (χ0v) is 11.3. The fourth-order valence-electron chi connectivity index (χ4n) is 2.58. The van der Waals surface area contributed by atoms with E-state index in [4.69, 9.17) is 10.5 Å². The first-order valence-corrected chi connectivity index (χ1v) is 6.94. The minimum atomic E-state index is 0.483. The van der Waals surface area contributed by atoms with Crippen LogP contribution in [-0.2, 0) is 0 Å². The highest BCUT2D eigenvalue weighted by molar-refractivity contribution is 5.31. The lowest BCUT2D eigenvalue weighted by Gasteiger charge is -2.26.